The van der Waals surface area contributed by atoms with E-state index in [1.165, 1.54) is 0 Å². The third-order valence-electron chi connectivity index (χ3n) is 2.13. The van der Waals surface area contributed by atoms with E-state index in [0.29, 0.717) is 11.8 Å². The number of rotatable bonds is 2. The minimum absolute atomic E-state index is 0. The predicted octanol–water partition coefficient (Wildman–Crippen LogP) is 3.91. The van der Waals surface area contributed by atoms with Crippen LogP contribution in [0.25, 0.3) is 0 Å². The SMILES string of the molecule is CC(C)c1ncc[nH]1.CC(C)c1ncc[nH]1.Cl.Cl. The number of imidazole rings is 2. The Labute approximate surface area is 121 Å². The zero-order valence-corrected chi connectivity index (χ0v) is 12.8. The molecule has 2 aromatic heterocycles. The van der Waals surface area contributed by atoms with Crippen LogP contribution in [0.3, 0.4) is 0 Å². The Hall–Kier alpha value is -1.000. The first-order valence-electron chi connectivity index (χ1n) is 5.59. The normalized spacial score (nSPS) is 9.22. The third kappa shape index (κ3) is 6.67. The number of aromatic amines is 2. The molecule has 0 unspecified atom stereocenters. The minimum atomic E-state index is 0. The fourth-order valence-electron chi connectivity index (χ4n) is 1.19. The molecule has 0 saturated carbocycles. The molecule has 0 fully saturated rings. The van der Waals surface area contributed by atoms with E-state index in [1.54, 1.807) is 12.4 Å². The molecule has 2 aromatic rings. The summed E-state index contributed by atoms with van der Waals surface area (Å²) in [4.78, 5) is 14.2. The molecule has 2 heterocycles. The second-order valence-corrected chi connectivity index (χ2v) is 4.26. The molecule has 18 heavy (non-hydrogen) atoms. The summed E-state index contributed by atoms with van der Waals surface area (Å²) in [7, 11) is 0. The number of halogens is 2. The van der Waals surface area contributed by atoms with Crippen LogP contribution in [0.4, 0.5) is 0 Å². The molecule has 0 saturated heterocycles. The third-order valence-corrected chi connectivity index (χ3v) is 2.13. The van der Waals surface area contributed by atoms with Crippen LogP contribution in [0.5, 0.6) is 0 Å². The van der Waals surface area contributed by atoms with Crippen LogP contribution in [-0.2, 0) is 0 Å². The molecular formula is C12H22Cl2N4. The average molecular weight is 293 g/mol. The summed E-state index contributed by atoms with van der Waals surface area (Å²) < 4.78 is 0. The molecule has 0 atom stereocenters. The minimum Gasteiger partial charge on any atom is -0.348 e. The Balaban J connectivity index is 0. The van der Waals surface area contributed by atoms with Crippen molar-refractivity contribution in [1.82, 2.24) is 19.9 Å². The van der Waals surface area contributed by atoms with Gasteiger partial charge in [0.25, 0.3) is 0 Å². The van der Waals surface area contributed by atoms with Gasteiger partial charge in [-0.2, -0.15) is 0 Å². The molecule has 4 nitrogen and oxygen atoms in total. The van der Waals surface area contributed by atoms with Gasteiger partial charge in [-0.25, -0.2) is 9.97 Å². The first-order valence-corrected chi connectivity index (χ1v) is 5.59. The summed E-state index contributed by atoms with van der Waals surface area (Å²) >= 11 is 0. The lowest BCUT2D eigenvalue weighted by Gasteiger charge is -1.95. The maximum absolute atomic E-state index is 4.06. The van der Waals surface area contributed by atoms with Gasteiger partial charge in [-0.15, -0.1) is 24.8 Å². The number of hydrogen-bond acceptors (Lipinski definition) is 2. The molecule has 6 heteroatoms. The number of nitrogens with one attached hydrogen (secondary N) is 2. The van der Waals surface area contributed by atoms with Crippen LogP contribution in [0, 0.1) is 0 Å². The standard InChI is InChI=1S/2C6H10N2.2ClH/c2*1-5(2)6-7-3-4-8-6;;/h2*3-5H,1-2H3,(H,7,8);2*1H. The summed E-state index contributed by atoms with van der Waals surface area (Å²) in [6.45, 7) is 8.44. The predicted molar refractivity (Wildman–Crippen MR) is 79.8 cm³/mol. The molecule has 0 aliphatic rings. The van der Waals surface area contributed by atoms with E-state index in [-0.39, 0.29) is 24.8 Å². The Kier molecular flexibility index (Phi) is 10.7. The van der Waals surface area contributed by atoms with Gasteiger partial charge >= 0.3 is 0 Å². The van der Waals surface area contributed by atoms with Crippen molar-refractivity contribution in [2.24, 2.45) is 0 Å². The van der Waals surface area contributed by atoms with Crippen molar-refractivity contribution in [2.75, 3.05) is 0 Å². The van der Waals surface area contributed by atoms with Crippen LogP contribution >= 0.6 is 24.8 Å². The highest BCUT2D eigenvalue weighted by atomic mass is 35.5. The van der Waals surface area contributed by atoms with Crippen molar-refractivity contribution in [3.8, 4) is 0 Å². The largest absolute Gasteiger partial charge is 0.348 e. The Morgan fingerprint density at radius 1 is 0.778 bits per heavy atom. The van der Waals surface area contributed by atoms with E-state index in [4.69, 9.17) is 0 Å². The Bertz CT molecular complexity index is 330. The number of nitrogens with zero attached hydrogens (tertiary/aromatic N) is 2. The van der Waals surface area contributed by atoms with Crippen molar-refractivity contribution in [1.29, 1.82) is 0 Å². The van der Waals surface area contributed by atoms with Gasteiger partial charge in [-0.3, -0.25) is 0 Å². The van der Waals surface area contributed by atoms with E-state index in [1.807, 2.05) is 12.4 Å². The maximum atomic E-state index is 4.06. The van der Waals surface area contributed by atoms with Gasteiger partial charge in [0.1, 0.15) is 11.6 Å². The summed E-state index contributed by atoms with van der Waals surface area (Å²) in [6, 6.07) is 0. The van der Waals surface area contributed by atoms with Crippen LogP contribution in [0.2, 0.25) is 0 Å². The topological polar surface area (TPSA) is 57.4 Å². The molecule has 2 rings (SSSR count). The highest BCUT2D eigenvalue weighted by Crippen LogP contribution is 2.06. The highest BCUT2D eigenvalue weighted by molar-refractivity contribution is 5.85. The molecule has 0 aliphatic carbocycles. The summed E-state index contributed by atoms with van der Waals surface area (Å²) in [5.41, 5.74) is 0. The highest BCUT2D eigenvalue weighted by Gasteiger charge is 1.97. The first kappa shape index (κ1) is 19.3. The molecule has 0 bridgehead atoms. The van der Waals surface area contributed by atoms with Crippen molar-refractivity contribution in [2.45, 2.75) is 39.5 Å². The molecular weight excluding hydrogens is 271 g/mol. The van der Waals surface area contributed by atoms with Gasteiger partial charge in [-0.05, 0) is 0 Å². The fraction of sp³-hybridized carbons (Fsp3) is 0.500. The van der Waals surface area contributed by atoms with Crippen molar-refractivity contribution in [3.05, 3.63) is 36.4 Å². The summed E-state index contributed by atoms with van der Waals surface area (Å²) in [6.07, 6.45) is 7.23. The lowest BCUT2D eigenvalue weighted by molar-refractivity contribution is 0.794. The zero-order valence-electron chi connectivity index (χ0n) is 11.2. The number of H-pyrrole nitrogens is 2. The first-order chi connectivity index (χ1) is 7.61. The van der Waals surface area contributed by atoms with E-state index in [9.17, 15) is 0 Å². The van der Waals surface area contributed by atoms with Crippen molar-refractivity contribution < 1.29 is 0 Å². The summed E-state index contributed by atoms with van der Waals surface area (Å²) in [5, 5.41) is 0. The number of aromatic nitrogens is 4. The van der Waals surface area contributed by atoms with Crippen LogP contribution in [0.1, 0.15) is 51.2 Å². The Morgan fingerprint density at radius 2 is 1.11 bits per heavy atom. The molecule has 2 N–H and O–H groups in total. The second-order valence-electron chi connectivity index (χ2n) is 4.26. The molecule has 0 radical (unpaired) electrons. The van der Waals surface area contributed by atoms with Gasteiger partial charge in [0.15, 0.2) is 0 Å². The van der Waals surface area contributed by atoms with Crippen molar-refractivity contribution in [3.63, 3.8) is 0 Å². The number of hydrogen-bond donors (Lipinski definition) is 2. The average Bonchev–Trinajstić information content (AvgIpc) is 2.93. The van der Waals surface area contributed by atoms with Gasteiger partial charge < -0.3 is 9.97 Å². The van der Waals surface area contributed by atoms with Crippen LogP contribution in [-0.4, -0.2) is 19.9 Å². The monoisotopic (exact) mass is 292 g/mol. The van der Waals surface area contributed by atoms with Gasteiger partial charge in [0.2, 0.25) is 0 Å². The van der Waals surface area contributed by atoms with Gasteiger partial charge in [0, 0.05) is 36.6 Å². The molecule has 0 aliphatic heterocycles. The molecule has 0 aromatic carbocycles. The lowest BCUT2D eigenvalue weighted by Crippen LogP contribution is -1.87. The smallest absolute Gasteiger partial charge is 0.108 e. The van der Waals surface area contributed by atoms with Gasteiger partial charge in [-0.1, -0.05) is 27.7 Å². The van der Waals surface area contributed by atoms with E-state index in [0.717, 1.165) is 11.6 Å². The Morgan fingerprint density at radius 3 is 1.22 bits per heavy atom. The molecule has 0 amide bonds. The fourth-order valence-corrected chi connectivity index (χ4v) is 1.19. The van der Waals surface area contributed by atoms with E-state index >= 15 is 0 Å². The second kappa shape index (κ2) is 9.97. The van der Waals surface area contributed by atoms with E-state index in [2.05, 4.69) is 47.6 Å². The summed E-state index contributed by atoms with van der Waals surface area (Å²) in [5.74, 6) is 3.16. The van der Waals surface area contributed by atoms with E-state index < -0.39 is 0 Å². The molecule has 104 valence electrons. The van der Waals surface area contributed by atoms with Gasteiger partial charge in [0.05, 0.1) is 0 Å². The van der Waals surface area contributed by atoms with Crippen LogP contribution < -0.4 is 0 Å². The maximum Gasteiger partial charge on any atom is 0.108 e. The van der Waals surface area contributed by atoms with Crippen molar-refractivity contribution >= 4 is 24.8 Å². The quantitative estimate of drug-likeness (QED) is 0.882. The lowest BCUT2D eigenvalue weighted by atomic mass is 10.2. The van der Waals surface area contributed by atoms with Crippen LogP contribution in [0.15, 0.2) is 24.8 Å². The molecule has 0 spiro atoms. The zero-order chi connectivity index (χ0) is 12.0.